The van der Waals surface area contributed by atoms with Crippen molar-refractivity contribution in [3.8, 4) is 11.5 Å². The van der Waals surface area contributed by atoms with E-state index in [1.54, 1.807) is 14.2 Å². The summed E-state index contributed by atoms with van der Waals surface area (Å²) in [7, 11) is 3.20. The molecule has 3 N–H and O–H groups in total. The Kier molecular flexibility index (Phi) is 5.03. The molecular weight excluding hydrogens is 352 g/mol. The molecule has 21 heavy (non-hydrogen) atoms. The van der Waals surface area contributed by atoms with Gasteiger partial charge in [-0.3, -0.25) is 0 Å². The number of methoxy groups -OCH3 is 2. The van der Waals surface area contributed by atoms with E-state index in [0.717, 1.165) is 21.4 Å². The second-order valence-corrected chi connectivity index (χ2v) is 5.60. The number of thiocarbonyl (C=S) groups is 1. The molecule has 0 atom stereocenters. The zero-order valence-electron chi connectivity index (χ0n) is 11.6. The van der Waals surface area contributed by atoms with E-state index in [2.05, 4.69) is 21.2 Å². The van der Waals surface area contributed by atoms with E-state index in [0.29, 0.717) is 16.5 Å². The first-order chi connectivity index (χ1) is 10.0. The van der Waals surface area contributed by atoms with Crippen molar-refractivity contribution in [2.45, 2.75) is 0 Å². The van der Waals surface area contributed by atoms with Crippen LogP contribution in [0.5, 0.6) is 11.5 Å². The van der Waals surface area contributed by atoms with Crippen molar-refractivity contribution in [3.63, 3.8) is 0 Å². The van der Waals surface area contributed by atoms with Gasteiger partial charge in [-0.1, -0.05) is 28.1 Å². The molecule has 0 saturated carbocycles. The zero-order chi connectivity index (χ0) is 15.4. The summed E-state index contributed by atoms with van der Waals surface area (Å²) < 4.78 is 11.4. The van der Waals surface area contributed by atoms with Crippen molar-refractivity contribution in [2.24, 2.45) is 5.73 Å². The third kappa shape index (κ3) is 3.65. The van der Waals surface area contributed by atoms with Crippen LogP contribution in [0.1, 0.15) is 5.56 Å². The lowest BCUT2D eigenvalue weighted by atomic mass is 10.1. The molecule has 0 aromatic heterocycles. The minimum absolute atomic E-state index is 0.338. The minimum atomic E-state index is 0.338. The molecule has 6 heteroatoms. The van der Waals surface area contributed by atoms with Crippen LogP contribution < -0.4 is 20.5 Å². The van der Waals surface area contributed by atoms with Gasteiger partial charge in [0.05, 0.1) is 14.2 Å². The number of benzene rings is 2. The van der Waals surface area contributed by atoms with Crippen molar-refractivity contribution in [1.29, 1.82) is 0 Å². The molecule has 0 fully saturated rings. The van der Waals surface area contributed by atoms with Gasteiger partial charge < -0.3 is 20.5 Å². The Bertz CT molecular complexity index is 677. The maximum absolute atomic E-state index is 5.75. The standard InChI is InChI=1S/C15H15BrN2O2S/c1-19-13-6-4-10(8-14(13)20-2)18-12-7-9(16)3-5-11(12)15(17)21/h3-8,18H,1-2H3,(H2,17,21). The highest BCUT2D eigenvalue weighted by Gasteiger charge is 2.09. The van der Waals surface area contributed by atoms with Crippen LogP contribution in [0, 0.1) is 0 Å². The smallest absolute Gasteiger partial charge is 0.162 e. The largest absolute Gasteiger partial charge is 0.493 e. The fourth-order valence-electron chi connectivity index (χ4n) is 1.90. The number of anilines is 2. The van der Waals surface area contributed by atoms with Crippen molar-refractivity contribution < 1.29 is 9.47 Å². The van der Waals surface area contributed by atoms with Gasteiger partial charge in [0.1, 0.15) is 4.99 Å². The Labute approximate surface area is 137 Å². The van der Waals surface area contributed by atoms with Crippen LogP contribution in [0.3, 0.4) is 0 Å². The van der Waals surface area contributed by atoms with Gasteiger partial charge in [-0.15, -0.1) is 0 Å². The van der Waals surface area contributed by atoms with Gasteiger partial charge in [-0.2, -0.15) is 0 Å². The number of hydrogen-bond donors (Lipinski definition) is 2. The molecule has 0 aliphatic rings. The highest BCUT2D eigenvalue weighted by Crippen LogP contribution is 2.32. The third-order valence-corrected chi connectivity index (χ3v) is 3.62. The first kappa shape index (κ1) is 15.6. The molecule has 0 spiro atoms. The van der Waals surface area contributed by atoms with E-state index in [9.17, 15) is 0 Å². The highest BCUT2D eigenvalue weighted by atomic mass is 79.9. The summed E-state index contributed by atoms with van der Waals surface area (Å²) in [6.07, 6.45) is 0. The SMILES string of the molecule is COc1ccc(Nc2cc(Br)ccc2C(N)=S)cc1OC. The Hall–Kier alpha value is -1.79. The molecule has 0 aliphatic heterocycles. The number of nitrogens with one attached hydrogen (secondary N) is 1. The summed E-state index contributed by atoms with van der Waals surface area (Å²) in [4.78, 5) is 0.338. The van der Waals surface area contributed by atoms with Crippen LogP contribution in [0.4, 0.5) is 11.4 Å². The quantitative estimate of drug-likeness (QED) is 0.787. The summed E-state index contributed by atoms with van der Waals surface area (Å²) >= 11 is 8.52. The third-order valence-electron chi connectivity index (χ3n) is 2.91. The molecule has 0 heterocycles. The van der Waals surface area contributed by atoms with Gasteiger partial charge in [0.25, 0.3) is 0 Å². The highest BCUT2D eigenvalue weighted by molar-refractivity contribution is 9.10. The van der Waals surface area contributed by atoms with Crippen LogP contribution in [-0.2, 0) is 0 Å². The van der Waals surface area contributed by atoms with Crippen LogP contribution in [0.15, 0.2) is 40.9 Å². The maximum atomic E-state index is 5.75. The van der Waals surface area contributed by atoms with Crippen LogP contribution in [-0.4, -0.2) is 19.2 Å². The van der Waals surface area contributed by atoms with Gasteiger partial charge in [-0.05, 0) is 30.3 Å². The molecule has 0 bridgehead atoms. The van der Waals surface area contributed by atoms with Gasteiger partial charge in [0.15, 0.2) is 11.5 Å². The summed E-state index contributed by atoms with van der Waals surface area (Å²) in [6, 6.07) is 11.3. The molecule has 0 amide bonds. The van der Waals surface area contributed by atoms with Crippen molar-refractivity contribution in [2.75, 3.05) is 19.5 Å². The molecule has 0 saturated heterocycles. The molecule has 0 unspecified atom stereocenters. The number of rotatable bonds is 5. The van der Waals surface area contributed by atoms with Gasteiger partial charge in [0.2, 0.25) is 0 Å². The molecule has 2 aromatic carbocycles. The molecule has 0 radical (unpaired) electrons. The number of ether oxygens (including phenoxy) is 2. The lowest BCUT2D eigenvalue weighted by molar-refractivity contribution is 0.355. The van der Waals surface area contributed by atoms with E-state index in [4.69, 9.17) is 27.4 Å². The van der Waals surface area contributed by atoms with Crippen molar-refractivity contribution in [3.05, 3.63) is 46.4 Å². The van der Waals surface area contributed by atoms with Crippen LogP contribution in [0.25, 0.3) is 0 Å². The molecular formula is C15H15BrN2O2S. The second kappa shape index (κ2) is 6.78. The lowest BCUT2D eigenvalue weighted by Gasteiger charge is -2.14. The maximum Gasteiger partial charge on any atom is 0.162 e. The first-order valence-corrected chi connectivity index (χ1v) is 7.33. The van der Waals surface area contributed by atoms with E-state index >= 15 is 0 Å². The van der Waals surface area contributed by atoms with Crippen LogP contribution in [0.2, 0.25) is 0 Å². The second-order valence-electron chi connectivity index (χ2n) is 4.25. The fourth-order valence-corrected chi connectivity index (χ4v) is 2.44. The van der Waals surface area contributed by atoms with Crippen molar-refractivity contribution >= 4 is 44.5 Å². The summed E-state index contributed by atoms with van der Waals surface area (Å²) in [6.45, 7) is 0. The molecule has 110 valence electrons. The Morgan fingerprint density at radius 3 is 2.43 bits per heavy atom. The molecule has 4 nitrogen and oxygen atoms in total. The number of nitrogens with two attached hydrogens (primary N) is 1. The predicted octanol–water partition coefficient (Wildman–Crippen LogP) is 3.84. The Morgan fingerprint density at radius 2 is 1.81 bits per heavy atom. The van der Waals surface area contributed by atoms with Gasteiger partial charge >= 0.3 is 0 Å². The normalized spacial score (nSPS) is 10.0. The summed E-state index contributed by atoms with van der Waals surface area (Å²) in [5, 5.41) is 3.29. The predicted molar refractivity (Wildman–Crippen MR) is 92.9 cm³/mol. The topological polar surface area (TPSA) is 56.5 Å². The molecule has 2 aromatic rings. The van der Waals surface area contributed by atoms with E-state index < -0.39 is 0 Å². The van der Waals surface area contributed by atoms with Gasteiger partial charge in [0, 0.05) is 27.5 Å². The average Bonchev–Trinajstić information content (AvgIpc) is 2.46. The molecule has 2 rings (SSSR count). The van der Waals surface area contributed by atoms with E-state index in [-0.39, 0.29) is 0 Å². The zero-order valence-corrected chi connectivity index (χ0v) is 14.0. The van der Waals surface area contributed by atoms with Crippen LogP contribution >= 0.6 is 28.1 Å². The average molecular weight is 367 g/mol. The number of hydrogen-bond acceptors (Lipinski definition) is 4. The molecule has 0 aliphatic carbocycles. The summed E-state index contributed by atoms with van der Waals surface area (Å²) in [5.41, 5.74) is 8.21. The van der Waals surface area contributed by atoms with E-state index in [1.165, 1.54) is 0 Å². The summed E-state index contributed by atoms with van der Waals surface area (Å²) in [5.74, 6) is 1.32. The lowest BCUT2D eigenvalue weighted by Crippen LogP contribution is -2.11. The number of halogens is 1. The van der Waals surface area contributed by atoms with Crippen molar-refractivity contribution in [1.82, 2.24) is 0 Å². The Morgan fingerprint density at radius 1 is 1.10 bits per heavy atom. The minimum Gasteiger partial charge on any atom is -0.493 e. The van der Waals surface area contributed by atoms with Gasteiger partial charge in [-0.25, -0.2) is 0 Å². The fraction of sp³-hybridized carbons (Fsp3) is 0.133. The first-order valence-electron chi connectivity index (χ1n) is 6.13. The Balaban J connectivity index is 2.38. The van der Waals surface area contributed by atoms with E-state index in [1.807, 2.05) is 36.4 Å². The monoisotopic (exact) mass is 366 g/mol.